The van der Waals surface area contributed by atoms with Crippen LogP contribution in [0.1, 0.15) is 17.8 Å². The molecule has 1 aliphatic carbocycles. The molecule has 2 aliphatic rings. The number of anilines is 1. The number of amides is 1. The van der Waals surface area contributed by atoms with Gasteiger partial charge < -0.3 is 15.0 Å². The Balaban J connectivity index is 1.62. The zero-order valence-corrected chi connectivity index (χ0v) is 11.1. The number of rotatable bonds is 3. The summed E-state index contributed by atoms with van der Waals surface area (Å²) in [5.74, 6) is 0.00318. The number of hydrogen-bond acceptors (Lipinski definition) is 6. The topological polar surface area (TPSA) is 67.3 Å². The normalized spacial score (nSPS) is 24.1. The van der Waals surface area contributed by atoms with Gasteiger partial charge in [-0.25, -0.2) is 0 Å². The Hall–Kier alpha value is -1.21. The van der Waals surface area contributed by atoms with Gasteiger partial charge in [-0.2, -0.15) is 0 Å². The number of morpholine rings is 1. The van der Waals surface area contributed by atoms with E-state index in [9.17, 15) is 4.79 Å². The van der Waals surface area contributed by atoms with E-state index in [1.807, 2.05) is 6.92 Å². The Morgan fingerprint density at radius 2 is 2.33 bits per heavy atom. The van der Waals surface area contributed by atoms with Gasteiger partial charge in [0, 0.05) is 12.6 Å². The first-order chi connectivity index (χ1) is 8.72. The van der Waals surface area contributed by atoms with Crippen molar-refractivity contribution in [2.75, 3.05) is 24.6 Å². The monoisotopic (exact) mass is 268 g/mol. The third-order valence-corrected chi connectivity index (χ3v) is 3.97. The standard InChI is InChI=1S/C11H16N4O2S/c1-7-13-14-11(18-7)15-4-5-17-9(6-15)10(16)12-8-2-3-8/h8-9H,2-6H2,1H3,(H,12,16). The van der Waals surface area contributed by atoms with Crippen molar-refractivity contribution in [2.45, 2.75) is 31.9 Å². The molecule has 1 saturated heterocycles. The van der Waals surface area contributed by atoms with Crippen LogP contribution in [0.3, 0.4) is 0 Å². The smallest absolute Gasteiger partial charge is 0.251 e. The van der Waals surface area contributed by atoms with Gasteiger partial charge in [-0.3, -0.25) is 4.79 Å². The van der Waals surface area contributed by atoms with Gasteiger partial charge in [-0.1, -0.05) is 11.3 Å². The predicted octanol–water partition coefficient (Wildman–Crippen LogP) is 0.330. The van der Waals surface area contributed by atoms with Crippen LogP contribution in [0.5, 0.6) is 0 Å². The van der Waals surface area contributed by atoms with Gasteiger partial charge >= 0.3 is 0 Å². The van der Waals surface area contributed by atoms with Crippen molar-refractivity contribution in [2.24, 2.45) is 0 Å². The second-order valence-corrected chi connectivity index (χ2v) is 5.85. The lowest BCUT2D eigenvalue weighted by Gasteiger charge is -2.31. The van der Waals surface area contributed by atoms with Crippen LogP contribution in [0.2, 0.25) is 0 Å². The SMILES string of the molecule is Cc1nnc(N2CCOC(C(=O)NC3CC3)C2)s1. The van der Waals surface area contributed by atoms with Gasteiger partial charge in [0.2, 0.25) is 5.13 Å². The molecule has 7 heteroatoms. The lowest BCUT2D eigenvalue weighted by atomic mass is 10.2. The van der Waals surface area contributed by atoms with E-state index >= 15 is 0 Å². The molecule has 1 aromatic heterocycles. The molecule has 3 rings (SSSR count). The first-order valence-electron chi connectivity index (χ1n) is 6.19. The minimum atomic E-state index is -0.386. The number of carbonyl (C=O) groups excluding carboxylic acids is 1. The van der Waals surface area contributed by atoms with Gasteiger partial charge in [0.1, 0.15) is 5.01 Å². The predicted molar refractivity (Wildman–Crippen MR) is 67.8 cm³/mol. The molecule has 1 unspecified atom stereocenters. The fourth-order valence-electron chi connectivity index (χ4n) is 1.92. The largest absolute Gasteiger partial charge is 0.365 e. The molecular formula is C11H16N4O2S. The maximum atomic E-state index is 11.9. The van der Waals surface area contributed by atoms with Crippen molar-refractivity contribution in [1.29, 1.82) is 0 Å². The summed E-state index contributed by atoms with van der Waals surface area (Å²) in [5, 5.41) is 12.9. The lowest BCUT2D eigenvalue weighted by Crippen LogP contribution is -2.50. The van der Waals surface area contributed by atoms with E-state index in [2.05, 4.69) is 20.4 Å². The fourth-order valence-corrected chi connectivity index (χ4v) is 2.64. The van der Waals surface area contributed by atoms with E-state index < -0.39 is 0 Å². The molecule has 2 heterocycles. The van der Waals surface area contributed by atoms with Gasteiger partial charge in [0.15, 0.2) is 6.10 Å². The van der Waals surface area contributed by atoms with E-state index in [1.54, 1.807) is 11.3 Å². The first kappa shape index (κ1) is 11.9. The van der Waals surface area contributed by atoms with Crippen LogP contribution >= 0.6 is 11.3 Å². The van der Waals surface area contributed by atoms with Crippen molar-refractivity contribution in [3.63, 3.8) is 0 Å². The summed E-state index contributed by atoms with van der Waals surface area (Å²) in [6.07, 6.45) is 1.80. The Morgan fingerprint density at radius 3 is 3.00 bits per heavy atom. The van der Waals surface area contributed by atoms with Crippen molar-refractivity contribution in [3.05, 3.63) is 5.01 Å². The first-order valence-corrected chi connectivity index (χ1v) is 7.01. The van der Waals surface area contributed by atoms with Crippen LogP contribution < -0.4 is 10.2 Å². The Morgan fingerprint density at radius 1 is 1.50 bits per heavy atom. The number of ether oxygens (including phenoxy) is 1. The van der Waals surface area contributed by atoms with Gasteiger partial charge in [0.25, 0.3) is 5.91 Å². The maximum absolute atomic E-state index is 11.9. The molecule has 0 radical (unpaired) electrons. The molecule has 1 saturated carbocycles. The maximum Gasteiger partial charge on any atom is 0.251 e. The van der Waals surface area contributed by atoms with E-state index in [4.69, 9.17) is 4.74 Å². The van der Waals surface area contributed by atoms with E-state index in [1.165, 1.54) is 0 Å². The van der Waals surface area contributed by atoms with E-state index in [0.29, 0.717) is 19.2 Å². The second-order valence-electron chi connectivity index (χ2n) is 4.69. The Bertz CT molecular complexity index is 446. The highest BCUT2D eigenvalue weighted by Crippen LogP contribution is 2.23. The number of hydrogen-bond donors (Lipinski definition) is 1. The molecule has 6 nitrogen and oxygen atoms in total. The Labute approximate surface area is 109 Å². The number of nitrogens with one attached hydrogen (secondary N) is 1. The second kappa shape index (κ2) is 4.81. The molecule has 2 fully saturated rings. The molecule has 1 amide bonds. The van der Waals surface area contributed by atoms with Gasteiger partial charge in [-0.15, -0.1) is 10.2 Å². The molecule has 98 valence electrons. The third kappa shape index (κ3) is 2.62. The third-order valence-electron chi connectivity index (χ3n) is 3.07. The quantitative estimate of drug-likeness (QED) is 0.855. The highest BCUT2D eigenvalue weighted by molar-refractivity contribution is 7.15. The highest BCUT2D eigenvalue weighted by Gasteiger charge is 2.32. The summed E-state index contributed by atoms with van der Waals surface area (Å²) < 4.78 is 5.53. The number of aryl methyl sites for hydroxylation is 1. The minimum absolute atomic E-state index is 0.00318. The minimum Gasteiger partial charge on any atom is -0.365 e. The summed E-state index contributed by atoms with van der Waals surface area (Å²) in [4.78, 5) is 14.0. The summed E-state index contributed by atoms with van der Waals surface area (Å²) >= 11 is 1.55. The average molecular weight is 268 g/mol. The van der Waals surface area contributed by atoms with Crippen molar-refractivity contribution >= 4 is 22.4 Å². The van der Waals surface area contributed by atoms with Crippen LogP contribution in [-0.2, 0) is 9.53 Å². The van der Waals surface area contributed by atoms with Crippen LogP contribution in [-0.4, -0.2) is 47.9 Å². The number of aromatic nitrogens is 2. The van der Waals surface area contributed by atoms with Crippen molar-refractivity contribution < 1.29 is 9.53 Å². The molecular weight excluding hydrogens is 252 g/mol. The molecule has 0 bridgehead atoms. The molecule has 1 aromatic rings. The molecule has 1 aliphatic heterocycles. The summed E-state index contributed by atoms with van der Waals surface area (Å²) in [7, 11) is 0. The molecule has 0 spiro atoms. The summed E-state index contributed by atoms with van der Waals surface area (Å²) in [6, 6.07) is 0.375. The van der Waals surface area contributed by atoms with E-state index in [-0.39, 0.29) is 12.0 Å². The van der Waals surface area contributed by atoms with Crippen LogP contribution in [0.4, 0.5) is 5.13 Å². The van der Waals surface area contributed by atoms with E-state index in [0.717, 1.165) is 29.5 Å². The number of carbonyl (C=O) groups is 1. The molecule has 1 N–H and O–H groups in total. The van der Waals surface area contributed by atoms with Gasteiger partial charge in [0.05, 0.1) is 13.2 Å². The van der Waals surface area contributed by atoms with Crippen LogP contribution in [0.15, 0.2) is 0 Å². The van der Waals surface area contributed by atoms with Crippen molar-refractivity contribution in [1.82, 2.24) is 15.5 Å². The lowest BCUT2D eigenvalue weighted by molar-refractivity contribution is -0.133. The number of nitrogens with zero attached hydrogens (tertiary/aromatic N) is 3. The van der Waals surface area contributed by atoms with Crippen LogP contribution in [0, 0.1) is 6.92 Å². The molecule has 18 heavy (non-hydrogen) atoms. The van der Waals surface area contributed by atoms with Gasteiger partial charge in [-0.05, 0) is 19.8 Å². The zero-order valence-electron chi connectivity index (χ0n) is 10.3. The van der Waals surface area contributed by atoms with Crippen LogP contribution in [0.25, 0.3) is 0 Å². The molecule has 1 atom stereocenters. The average Bonchev–Trinajstić information content (AvgIpc) is 3.08. The zero-order chi connectivity index (χ0) is 12.5. The molecule has 0 aromatic carbocycles. The summed E-state index contributed by atoms with van der Waals surface area (Å²) in [5.41, 5.74) is 0. The highest BCUT2D eigenvalue weighted by atomic mass is 32.1. The Kier molecular flexibility index (Phi) is 3.17. The summed E-state index contributed by atoms with van der Waals surface area (Å²) in [6.45, 7) is 3.81. The van der Waals surface area contributed by atoms with Crippen molar-refractivity contribution in [3.8, 4) is 0 Å². The fraction of sp³-hybridized carbons (Fsp3) is 0.727.